The van der Waals surface area contributed by atoms with Crippen LogP contribution in [0.25, 0.3) is 22.0 Å². The molecule has 1 aliphatic carbocycles. The molecule has 1 saturated heterocycles. The Hall–Kier alpha value is -3.80. The Morgan fingerprint density at radius 2 is 1.76 bits per heavy atom. The number of fused-ring (bicyclic) bond motifs is 1. The minimum absolute atomic E-state index is 0.00612. The number of carbonyl (C=O) groups is 1. The topological polar surface area (TPSA) is 62.2 Å². The fraction of sp³-hybridized carbons (Fsp3) is 0.286. The highest BCUT2D eigenvalue weighted by Gasteiger charge is 2.33. The molecule has 0 atom stereocenters. The average molecular weight is 450 g/mol. The summed E-state index contributed by atoms with van der Waals surface area (Å²) in [6.07, 6.45) is 7.88. The van der Waals surface area contributed by atoms with E-state index in [1.807, 2.05) is 17.0 Å². The van der Waals surface area contributed by atoms with Crippen LogP contribution in [0.3, 0.4) is 0 Å². The third-order valence-corrected chi connectivity index (χ3v) is 6.77. The number of carbonyl (C=O) groups excluding carboxylic acids is 1. The van der Waals surface area contributed by atoms with Gasteiger partial charge in [-0.25, -0.2) is 9.97 Å². The van der Waals surface area contributed by atoms with Crippen LogP contribution in [-0.2, 0) is 6.54 Å². The largest absolute Gasteiger partial charge is 0.356 e. The van der Waals surface area contributed by atoms with E-state index in [2.05, 4.69) is 62.3 Å². The molecule has 3 heterocycles. The van der Waals surface area contributed by atoms with Gasteiger partial charge in [0.15, 0.2) is 0 Å². The van der Waals surface area contributed by atoms with E-state index in [1.54, 1.807) is 18.6 Å². The quantitative estimate of drug-likeness (QED) is 0.410. The minimum Gasteiger partial charge on any atom is -0.356 e. The zero-order valence-electron chi connectivity index (χ0n) is 19.1. The Balaban J connectivity index is 1.31. The van der Waals surface area contributed by atoms with Gasteiger partial charge in [-0.1, -0.05) is 30.3 Å². The van der Waals surface area contributed by atoms with E-state index in [0.29, 0.717) is 18.3 Å². The van der Waals surface area contributed by atoms with Crippen LogP contribution < -0.4 is 4.90 Å². The number of amides is 1. The monoisotopic (exact) mass is 449 g/mol. The van der Waals surface area contributed by atoms with Gasteiger partial charge in [0.05, 0.1) is 5.52 Å². The summed E-state index contributed by atoms with van der Waals surface area (Å²) in [7, 11) is 0. The first kappa shape index (κ1) is 20.8. The smallest absolute Gasteiger partial charge is 0.272 e. The third-order valence-electron chi connectivity index (χ3n) is 6.77. The first-order chi connectivity index (χ1) is 16.8. The van der Waals surface area contributed by atoms with Crippen LogP contribution >= 0.6 is 0 Å². The molecule has 0 N–H and O–H groups in total. The lowest BCUT2D eigenvalue weighted by atomic mass is 10.0. The van der Waals surface area contributed by atoms with Gasteiger partial charge in [0, 0.05) is 37.3 Å². The number of nitrogens with zero attached hydrogens (tertiary/aromatic N) is 5. The zero-order chi connectivity index (χ0) is 22.9. The molecule has 1 aliphatic heterocycles. The molecular formula is C28H27N5O. The molecule has 2 aromatic carbocycles. The maximum absolute atomic E-state index is 13.1. The summed E-state index contributed by atoms with van der Waals surface area (Å²) >= 11 is 0. The van der Waals surface area contributed by atoms with Crippen LogP contribution in [0.1, 0.15) is 41.7 Å². The number of benzene rings is 2. The van der Waals surface area contributed by atoms with Crippen LogP contribution in [0, 0.1) is 0 Å². The molecule has 0 bridgehead atoms. The molecule has 2 fully saturated rings. The van der Waals surface area contributed by atoms with E-state index in [0.717, 1.165) is 59.3 Å². The fourth-order valence-electron chi connectivity index (χ4n) is 4.84. The highest BCUT2D eigenvalue weighted by molar-refractivity contribution is 5.93. The molecule has 2 aliphatic rings. The second-order valence-electron chi connectivity index (χ2n) is 9.20. The summed E-state index contributed by atoms with van der Waals surface area (Å²) in [6, 6.07) is 20.7. The molecule has 34 heavy (non-hydrogen) atoms. The molecule has 1 saturated carbocycles. The van der Waals surface area contributed by atoms with Crippen LogP contribution in [-0.4, -0.2) is 44.9 Å². The molecule has 2 aromatic heterocycles. The number of rotatable bonds is 6. The molecular weight excluding hydrogens is 422 g/mol. The molecule has 6 nitrogen and oxygen atoms in total. The van der Waals surface area contributed by atoms with E-state index in [4.69, 9.17) is 0 Å². The lowest BCUT2D eigenvalue weighted by Gasteiger charge is -2.22. The van der Waals surface area contributed by atoms with Crippen molar-refractivity contribution in [2.24, 2.45) is 0 Å². The maximum Gasteiger partial charge on any atom is 0.272 e. The van der Waals surface area contributed by atoms with Gasteiger partial charge in [0.2, 0.25) is 0 Å². The summed E-state index contributed by atoms with van der Waals surface area (Å²) in [4.78, 5) is 30.9. The van der Waals surface area contributed by atoms with E-state index in [-0.39, 0.29) is 5.91 Å². The number of aromatic nitrogens is 3. The Bertz CT molecular complexity index is 1330. The van der Waals surface area contributed by atoms with E-state index in [9.17, 15) is 4.79 Å². The van der Waals surface area contributed by atoms with Crippen molar-refractivity contribution in [3.05, 3.63) is 84.4 Å². The lowest BCUT2D eigenvalue weighted by molar-refractivity contribution is 0.0724. The highest BCUT2D eigenvalue weighted by atomic mass is 16.2. The van der Waals surface area contributed by atoms with Crippen molar-refractivity contribution in [2.45, 2.75) is 38.3 Å². The average Bonchev–Trinajstić information content (AvgIpc) is 3.59. The molecule has 0 unspecified atom stereocenters. The predicted molar refractivity (Wildman–Crippen MR) is 134 cm³/mol. The molecule has 4 aromatic rings. The summed E-state index contributed by atoms with van der Waals surface area (Å²) in [5.74, 6) is 1.04. The van der Waals surface area contributed by atoms with Crippen LogP contribution in [0.2, 0.25) is 0 Å². The zero-order valence-corrected chi connectivity index (χ0v) is 19.1. The van der Waals surface area contributed by atoms with E-state index >= 15 is 0 Å². The first-order valence-corrected chi connectivity index (χ1v) is 12.1. The summed E-state index contributed by atoms with van der Waals surface area (Å²) in [6.45, 7) is 2.68. The van der Waals surface area contributed by atoms with Gasteiger partial charge in [-0.2, -0.15) is 0 Å². The van der Waals surface area contributed by atoms with Crippen molar-refractivity contribution >= 4 is 22.6 Å². The third kappa shape index (κ3) is 4.12. The van der Waals surface area contributed by atoms with Gasteiger partial charge in [-0.3, -0.25) is 9.78 Å². The number of hydrogen-bond acceptors (Lipinski definition) is 5. The van der Waals surface area contributed by atoms with Crippen LogP contribution in [0.5, 0.6) is 0 Å². The van der Waals surface area contributed by atoms with Gasteiger partial charge in [-0.05, 0) is 72.7 Å². The molecule has 1 amide bonds. The van der Waals surface area contributed by atoms with Gasteiger partial charge < -0.3 is 9.80 Å². The molecule has 170 valence electrons. The second-order valence-corrected chi connectivity index (χ2v) is 9.20. The first-order valence-electron chi connectivity index (χ1n) is 12.1. The van der Waals surface area contributed by atoms with Crippen molar-refractivity contribution < 1.29 is 4.79 Å². The standard InChI is InChI=1S/C28H27N5O/c34-28(26-8-1-2-13-29-26)33(23-10-11-23)18-20-6-5-7-21(16-20)22-9-12-25-24(17-22)27(31-19-30-25)32-14-3-4-15-32/h1-2,5-9,12-13,16-17,19,23H,3-4,10-11,14-15,18H2. The van der Waals surface area contributed by atoms with E-state index < -0.39 is 0 Å². The van der Waals surface area contributed by atoms with Crippen molar-refractivity contribution in [3.63, 3.8) is 0 Å². The normalized spacial score (nSPS) is 15.6. The molecule has 0 radical (unpaired) electrons. The summed E-state index contributed by atoms with van der Waals surface area (Å²) < 4.78 is 0. The van der Waals surface area contributed by atoms with Crippen molar-refractivity contribution in [1.82, 2.24) is 19.9 Å². The van der Waals surface area contributed by atoms with Crippen molar-refractivity contribution in [2.75, 3.05) is 18.0 Å². The Labute approximate surface area is 199 Å². The second kappa shape index (κ2) is 8.86. The lowest BCUT2D eigenvalue weighted by Crippen LogP contribution is -2.33. The van der Waals surface area contributed by atoms with Gasteiger partial charge >= 0.3 is 0 Å². The molecule has 0 spiro atoms. The SMILES string of the molecule is O=C(c1ccccn1)N(Cc1cccc(-c2ccc3ncnc(N4CCCC4)c3c2)c1)C1CC1. The molecule has 6 rings (SSSR count). The minimum atomic E-state index is 0.00612. The summed E-state index contributed by atoms with van der Waals surface area (Å²) in [5.41, 5.74) is 4.88. The predicted octanol–water partition coefficient (Wildman–Crippen LogP) is 5.10. The summed E-state index contributed by atoms with van der Waals surface area (Å²) in [5, 5.41) is 1.09. The van der Waals surface area contributed by atoms with E-state index in [1.165, 1.54) is 12.8 Å². The highest BCUT2D eigenvalue weighted by Crippen LogP contribution is 2.32. The Morgan fingerprint density at radius 3 is 2.56 bits per heavy atom. The Morgan fingerprint density at radius 1 is 0.912 bits per heavy atom. The van der Waals surface area contributed by atoms with Crippen molar-refractivity contribution in [1.29, 1.82) is 0 Å². The van der Waals surface area contributed by atoms with Crippen LogP contribution in [0.4, 0.5) is 5.82 Å². The molecule has 6 heteroatoms. The van der Waals surface area contributed by atoms with Crippen LogP contribution in [0.15, 0.2) is 73.2 Å². The number of hydrogen-bond donors (Lipinski definition) is 0. The fourth-order valence-corrected chi connectivity index (χ4v) is 4.84. The van der Waals surface area contributed by atoms with Gasteiger partial charge in [-0.15, -0.1) is 0 Å². The van der Waals surface area contributed by atoms with Gasteiger partial charge in [0.1, 0.15) is 17.8 Å². The number of pyridine rings is 1. The number of anilines is 1. The Kier molecular flexibility index (Phi) is 5.41. The maximum atomic E-state index is 13.1. The van der Waals surface area contributed by atoms with Crippen molar-refractivity contribution in [3.8, 4) is 11.1 Å². The van der Waals surface area contributed by atoms with Gasteiger partial charge in [0.25, 0.3) is 5.91 Å².